The third-order valence-electron chi connectivity index (χ3n) is 2.47. The summed E-state index contributed by atoms with van der Waals surface area (Å²) in [6.45, 7) is 1.86. The van der Waals surface area contributed by atoms with Crippen LogP contribution in [0.3, 0.4) is 0 Å². The molecule has 0 aliphatic rings. The molecule has 1 rings (SSSR count). The predicted molar refractivity (Wildman–Crippen MR) is 62.2 cm³/mol. The van der Waals surface area contributed by atoms with Gasteiger partial charge in [0.1, 0.15) is 5.82 Å². The summed E-state index contributed by atoms with van der Waals surface area (Å²) in [4.78, 5) is 0. The van der Waals surface area contributed by atoms with Crippen LogP contribution in [0.5, 0.6) is 0 Å². The van der Waals surface area contributed by atoms with E-state index in [0.717, 1.165) is 0 Å². The number of benzene rings is 1. The lowest BCUT2D eigenvalue weighted by atomic mass is 10.0. The van der Waals surface area contributed by atoms with Crippen LogP contribution < -0.4 is 0 Å². The molecule has 0 aliphatic heterocycles. The minimum Gasteiger partial charge on any atom is -0.393 e. The highest BCUT2D eigenvalue weighted by atomic mass is 35.5. The molecule has 0 radical (unpaired) electrons. The van der Waals surface area contributed by atoms with Crippen molar-refractivity contribution in [2.24, 2.45) is 0 Å². The van der Waals surface area contributed by atoms with Crippen LogP contribution in [0.1, 0.15) is 18.9 Å². The number of hydrogen-bond donors (Lipinski definition) is 1. The van der Waals surface area contributed by atoms with Gasteiger partial charge in [-0.2, -0.15) is 0 Å². The Bertz CT molecular complexity index is 344. The molecule has 0 fully saturated rings. The molecule has 1 aromatic rings. The second kappa shape index (κ2) is 6.18. The van der Waals surface area contributed by atoms with Gasteiger partial charge >= 0.3 is 0 Å². The van der Waals surface area contributed by atoms with E-state index in [-0.39, 0.29) is 18.3 Å². The van der Waals surface area contributed by atoms with Gasteiger partial charge in [0.15, 0.2) is 0 Å². The Morgan fingerprint density at radius 2 is 2.19 bits per heavy atom. The van der Waals surface area contributed by atoms with E-state index in [1.165, 1.54) is 18.2 Å². The van der Waals surface area contributed by atoms with Crippen molar-refractivity contribution in [2.45, 2.75) is 32.0 Å². The number of halogens is 2. The van der Waals surface area contributed by atoms with E-state index in [9.17, 15) is 9.50 Å². The molecule has 0 heterocycles. The van der Waals surface area contributed by atoms with Crippen LogP contribution >= 0.6 is 11.6 Å². The van der Waals surface area contributed by atoms with E-state index in [0.29, 0.717) is 17.0 Å². The number of rotatable bonds is 5. The van der Waals surface area contributed by atoms with E-state index in [1.54, 1.807) is 7.11 Å². The first-order chi connectivity index (χ1) is 7.52. The van der Waals surface area contributed by atoms with Crippen LogP contribution in [-0.2, 0) is 11.2 Å². The highest BCUT2D eigenvalue weighted by Gasteiger charge is 2.13. The molecule has 0 aliphatic carbocycles. The van der Waals surface area contributed by atoms with Crippen LogP contribution in [0.25, 0.3) is 0 Å². The first-order valence-corrected chi connectivity index (χ1v) is 5.55. The van der Waals surface area contributed by atoms with Crippen molar-refractivity contribution >= 4 is 11.6 Å². The van der Waals surface area contributed by atoms with Gasteiger partial charge in [0.2, 0.25) is 0 Å². The van der Waals surface area contributed by atoms with Gasteiger partial charge in [0.05, 0.1) is 12.2 Å². The lowest BCUT2D eigenvalue weighted by Gasteiger charge is -2.15. The maximum atomic E-state index is 13.3. The largest absolute Gasteiger partial charge is 0.393 e. The molecule has 1 aromatic carbocycles. The molecule has 0 saturated heterocycles. The number of aliphatic hydroxyl groups excluding tert-OH is 1. The van der Waals surface area contributed by atoms with Crippen LogP contribution in [0.15, 0.2) is 18.2 Å². The molecule has 4 heteroatoms. The Morgan fingerprint density at radius 1 is 1.50 bits per heavy atom. The fraction of sp³-hybridized carbons (Fsp3) is 0.500. The molecule has 2 nitrogen and oxygen atoms in total. The fourth-order valence-corrected chi connectivity index (χ4v) is 1.71. The van der Waals surface area contributed by atoms with Crippen molar-refractivity contribution in [3.8, 4) is 0 Å². The van der Waals surface area contributed by atoms with Gasteiger partial charge < -0.3 is 9.84 Å². The first-order valence-electron chi connectivity index (χ1n) is 5.17. The SMILES string of the molecule is COC(C)CC(O)Cc1cc(Cl)ccc1F. The molecule has 1 N–H and O–H groups in total. The Balaban J connectivity index is 2.61. The number of methoxy groups -OCH3 is 1. The topological polar surface area (TPSA) is 29.5 Å². The normalized spacial score (nSPS) is 14.8. The van der Waals surface area contributed by atoms with Gasteiger partial charge in [-0.15, -0.1) is 0 Å². The quantitative estimate of drug-likeness (QED) is 0.866. The van der Waals surface area contributed by atoms with Crippen LogP contribution in [0.2, 0.25) is 5.02 Å². The summed E-state index contributed by atoms with van der Waals surface area (Å²) < 4.78 is 18.4. The summed E-state index contributed by atoms with van der Waals surface area (Å²) in [5.41, 5.74) is 0.434. The molecule has 90 valence electrons. The molecule has 2 unspecified atom stereocenters. The zero-order valence-corrected chi connectivity index (χ0v) is 10.2. The molecule has 2 atom stereocenters. The molecule has 0 saturated carbocycles. The van der Waals surface area contributed by atoms with Crippen LogP contribution in [0.4, 0.5) is 4.39 Å². The summed E-state index contributed by atoms with van der Waals surface area (Å²) in [6.07, 6.45) is 0.0582. The minimum atomic E-state index is -0.622. The lowest BCUT2D eigenvalue weighted by molar-refractivity contribution is 0.0562. The third kappa shape index (κ3) is 4.08. The van der Waals surface area contributed by atoms with Gasteiger partial charge in [0, 0.05) is 18.6 Å². The average Bonchev–Trinajstić information content (AvgIpc) is 2.23. The molecule has 16 heavy (non-hydrogen) atoms. The van der Waals surface area contributed by atoms with Gasteiger partial charge in [-0.1, -0.05) is 11.6 Å². The van der Waals surface area contributed by atoms with Gasteiger partial charge in [-0.3, -0.25) is 0 Å². The molecule has 0 bridgehead atoms. The zero-order chi connectivity index (χ0) is 12.1. The molecule has 0 spiro atoms. The highest BCUT2D eigenvalue weighted by molar-refractivity contribution is 6.30. The second-order valence-electron chi connectivity index (χ2n) is 3.88. The van der Waals surface area contributed by atoms with E-state index in [2.05, 4.69) is 0 Å². The highest BCUT2D eigenvalue weighted by Crippen LogP contribution is 2.17. The Kier molecular flexibility index (Phi) is 5.19. The van der Waals surface area contributed by atoms with Gasteiger partial charge in [-0.25, -0.2) is 4.39 Å². The Morgan fingerprint density at radius 3 is 2.81 bits per heavy atom. The van der Waals surface area contributed by atoms with Crippen molar-refractivity contribution in [3.05, 3.63) is 34.6 Å². The van der Waals surface area contributed by atoms with Crippen molar-refractivity contribution in [2.75, 3.05) is 7.11 Å². The smallest absolute Gasteiger partial charge is 0.126 e. The van der Waals surface area contributed by atoms with Gasteiger partial charge in [-0.05, 0) is 37.1 Å². The van der Waals surface area contributed by atoms with E-state index < -0.39 is 6.10 Å². The maximum absolute atomic E-state index is 13.3. The molecular formula is C12H16ClFO2. The number of hydrogen-bond acceptors (Lipinski definition) is 2. The summed E-state index contributed by atoms with van der Waals surface area (Å²) in [7, 11) is 1.58. The lowest BCUT2D eigenvalue weighted by Crippen LogP contribution is -2.19. The molecular weight excluding hydrogens is 231 g/mol. The van der Waals surface area contributed by atoms with Crippen LogP contribution in [-0.4, -0.2) is 24.4 Å². The fourth-order valence-electron chi connectivity index (χ4n) is 1.52. The Hall–Kier alpha value is -0.640. The third-order valence-corrected chi connectivity index (χ3v) is 2.70. The summed E-state index contributed by atoms with van der Waals surface area (Å²) >= 11 is 5.76. The van der Waals surface area contributed by atoms with E-state index >= 15 is 0 Å². The van der Waals surface area contributed by atoms with Crippen molar-refractivity contribution < 1.29 is 14.2 Å². The molecule has 0 amide bonds. The summed E-state index contributed by atoms with van der Waals surface area (Å²) in [5, 5.41) is 10.2. The van der Waals surface area contributed by atoms with E-state index in [1.807, 2.05) is 6.92 Å². The van der Waals surface area contributed by atoms with E-state index in [4.69, 9.17) is 16.3 Å². The summed E-state index contributed by atoms with van der Waals surface area (Å²) in [5.74, 6) is -0.339. The van der Waals surface area contributed by atoms with Crippen molar-refractivity contribution in [3.63, 3.8) is 0 Å². The second-order valence-corrected chi connectivity index (χ2v) is 4.31. The predicted octanol–water partition coefficient (Wildman–Crippen LogP) is 2.81. The number of ether oxygens (including phenoxy) is 1. The average molecular weight is 247 g/mol. The summed E-state index contributed by atoms with van der Waals surface area (Å²) in [6, 6.07) is 4.34. The zero-order valence-electron chi connectivity index (χ0n) is 9.41. The monoisotopic (exact) mass is 246 g/mol. The molecule has 0 aromatic heterocycles. The minimum absolute atomic E-state index is 0.0442. The number of aliphatic hydroxyl groups is 1. The van der Waals surface area contributed by atoms with Crippen molar-refractivity contribution in [1.82, 2.24) is 0 Å². The maximum Gasteiger partial charge on any atom is 0.126 e. The van der Waals surface area contributed by atoms with Crippen LogP contribution in [0, 0.1) is 5.82 Å². The van der Waals surface area contributed by atoms with Crippen molar-refractivity contribution in [1.29, 1.82) is 0 Å². The Labute approximate surface area is 100.0 Å². The van der Waals surface area contributed by atoms with Gasteiger partial charge in [0.25, 0.3) is 0 Å². The standard InChI is InChI=1S/C12H16ClFO2/c1-8(16-2)5-11(15)7-9-6-10(13)3-4-12(9)14/h3-4,6,8,11,15H,5,7H2,1-2H3. The first kappa shape index (κ1) is 13.4.